The van der Waals surface area contributed by atoms with E-state index in [1.165, 1.54) is 0 Å². The van der Waals surface area contributed by atoms with Crippen LogP contribution in [-0.2, 0) is 0 Å². The van der Waals surface area contributed by atoms with Gasteiger partial charge in [-0.1, -0.05) is 6.92 Å². The monoisotopic (exact) mass is 343 g/mol. The molecule has 0 bridgehead atoms. The van der Waals surface area contributed by atoms with Crippen LogP contribution in [0.15, 0.2) is 36.0 Å². The average molecular weight is 343 g/mol. The minimum atomic E-state index is -0.212. The zero-order valence-corrected chi connectivity index (χ0v) is 15.2. The Morgan fingerprint density at radius 3 is 2.73 bits per heavy atom. The van der Waals surface area contributed by atoms with Gasteiger partial charge in [-0.2, -0.15) is 0 Å². The van der Waals surface area contributed by atoms with Crippen molar-refractivity contribution in [3.63, 3.8) is 0 Å². The van der Waals surface area contributed by atoms with Gasteiger partial charge in [0.1, 0.15) is 0 Å². The second kappa shape index (κ2) is 9.51. The van der Waals surface area contributed by atoms with E-state index in [1.807, 2.05) is 24.3 Å². The molecule has 1 aromatic carbocycles. The van der Waals surface area contributed by atoms with Crippen molar-refractivity contribution in [2.45, 2.75) is 26.2 Å². The van der Waals surface area contributed by atoms with Gasteiger partial charge in [-0.05, 0) is 0 Å². The molecule has 1 aromatic heterocycles. The molecule has 0 fully saturated rings. The van der Waals surface area contributed by atoms with E-state index < -0.39 is 0 Å². The van der Waals surface area contributed by atoms with Gasteiger partial charge in [-0.15, -0.1) is 0 Å². The van der Waals surface area contributed by atoms with E-state index in [2.05, 4.69) is 34.3 Å². The van der Waals surface area contributed by atoms with E-state index in [9.17, 15) is 4.79 Å². The van der Waals surface area contributed by atoms with Crippen molar-refractivity contribution in [3.8, 4) is 18.1 Å². The fourth-order valence-electron chi connectivity index (χ4n) is 2.72. The maximum atomic E-state index is 12.5. The molecular weight excluding hydrogens is 321 g/mol. The number of nitrogens with one attached hydrogen (secondary N) is 2. The number of allylic oxidation sites excluding steroid dienone is 2. The molecule has 1 heterocycles. The fraction of sp³-hybridized carbons (Fsp3) is 0.286. The average Bonchev–Trinajstić information content (AvgIpc) is 2.68. The Morgan fingerprint density at radius 1 is 1.31 bits per heavy atom. The van der Waals surface area contributed by atoms with Crippen molar-refractivity contribution in [2.75, 3.05) is 13.6 Å². The third-order valence-electron chi connectivity index (χ3n) is 4.07. The van der Waals surface area contributed by atoms with E-state index >= 15 is 0 Å². The SMILES string of the molecule is B#C/C(NC)=C(/C#C)c1cc(C(=O)NCCCCC)nc2ccccc12. The van der Waals surface area contributed by atoms with Gasteiger partial charge < -0.3 is 0 Å². The first-order valence-electron chi connectivity index (χ1n) is 8.69. The van der Waals surface area contributed by atoms with Crippen molar-refractivity contribution in [2.24, 2.45) is 0 Å². The zero-order chi connectivity index (χ0) is 18.9. The third kappa shape index (κ3) is 4.36. The number of benzene rings is 1. The minimum absolute atomic E-state index is 0.212. The topological polar surface area (TPSA) is 54.0 Å². The summed E-state index contributed by atoms with van der Waals surface area (Å²) < 4.78 is 0. The van der Waals surface area contributed by atoms with Gasteiger partial charge in [0.05, 0.1) is 0 Å². The number of fused-ring (bicyclic) bond motifs is 1. The molecule has 0 aliphatic rings. The molecule has 0 unspecified atom stereocenters. The molecule has 0 radical (unpaired) electrons. The number of carbonyl (C=O) groups is 1. The summed E-state index contributed by atoms with van der Waals surface area (Å²) in [4.78, 5) is 17.0. The van der Waals surface area contributed by atoms with Gasteiger partial charge in [0.25, 0.3) is 0 Å². The first kappa shape index (κ1) is 19.4. The molecule has 0 atom stereocenters. The normalized spacial score (nSPS) is 11.3. The summed E-state index contributed by atoms with van der Waals surface area (Å²) in [5, 5.41) is 6.71. The van der Waals surface area contributed by atoms with Gasteiger partial charge in [0, 0.05) is 0 Å². The molecule has 2 N–H and O–H groups in total. The zero-order valence-electron chi connectivity index (χ0n) is 15.2. The number of terminal acetylenes is 1. The van der Waals surface area contributed by atoms with Crippen LogP contribution in [0.4, 0.5) is 0 Å². The number of aromatic nitrogens is 1. The number of para-hydroxylation sites is 1. The number of nitrogens with zero attached hydrogens (tertiary/aromatic N) is 1. The van der Waals surface area contributed by atoms with Crippen molar-refractivity contribution in [1.82, 2.24) is 15.6 Å². The summed E-state index contributed by atoms with van der Waals surface area (Å²) >= 11 is 0. The molecule has 0 aliphatic carbocycles. The Hall–Kier alpha value is -2.96. The first-order valence-corrected chi connectivity index (χ1v) is 8.69. The summed E-state index contributed by atoms with van der Waals surface area (Å²) in [6, 6.07) is 9.27. The quantitative estimate of drug-likeness (QED) is 0.462. The van der Waals surface area contributed by atoms with Crippen molar-refractivity contribution < 1.29 is 4.79 Å². The van der Waals surface area contributed by atoms with E-state index in [4.69, 9.17) is 13.8 Å². The van der Waals surface area contributed by atoms with Gasteiger partial charge in [0.2, 0.25) is 0 Å². The standard InChI is InChI=1S/C21H22BN3O/c1-4-6-9-12-24-21(26)19-13-17(15(5-2)20(14-22)23-3)16-10-7-8-11-18(16)25-19/h2,7-8,10-11,13,23H,4,6,9,12H2,1,3H3,(H,24,26)/b20-15+. The number of rotatable bonds is 7. The van der Waals surface area contributed by atoms with Gasteiger partial charge in [-0.3, -0.25) is 0 Å². The summed E-state index contributed by atoms with van der Waals surface area (Å²) in [6.07, 6.45) is 8.85. The third-order valence-corrected chi connectivity index (χ3v) is 4.07. The molecule has 0 spiro atoms. The van der Waals surface area contributed by atoms with E-state index in [0.29, 0.717) is 29.0 Å². The number of pyridine rings is 1. The molecule has 2 aromatic rings. The second-order valence-corrected chi connectivity index (χ2v) is 5.82. The molecule has 130 valence electrons. The molecule has 0 saturated carbocycles. The second-order valence-electron chi connectivity index (χ2n) is 5.82. The Kier molecular flexibility index (Phi) is 7.08. The van der Waals surface area contributed by atoms with E-state index in [1.54, 1.807) is 13.1 Å². The van der Waals surface area contributed by atoms with Crippen LogP contribution in [0, 0.1) is 18.1 Å². The fourth-order valence-corrected chi connectivity index (χ4v) is 2.72. The van der Waals surface area contributed by atoms with Crippen LogP contribution in [-0.4, -0.2) is 31.8 Å². The van der Waals surface area contributed by atoms with E-state index in [0.717, 1.165) is 30.2 Å². The molecule has 0 aliphatic heterocycles. The predicted molar refractivity (Wildman–Crippen MR) is 108 cm³/mol. The van der Waals surface area contributed by atoms with Gasteiger partial charge in [-0.25, -0.2) is 0 Å². The molecular formula is C21H22BN3O. The summed E-state index contributed by atoms with van der Waals surface area (Å²) in [5.41, 5.74) is 2.78. The molecule has 0 saturated heterocycles. The predicted octanol–water partition coefficient (Wildman–Crippen LogP) is 2.85. The van der Waals surface area contributed by atoms with Crippen molar-refractivity contribution in [3.05, 3.63) is 47.3 Å². The first-order chi connectivity index (χ1) is 12.7. The Bertz CT molecular complexity index is 919. The molecule has 5 heteroatoms. The van der Waals surface area contributed by atoms with Crippen LogP contribution in [0.1, 0.15) is 42.2 Å². The number of hydrogen-bond acceptors (Lipinski definition) is 3. The molecule has 2 rings (SSSR count). The summed E-state index contributed by atoms with van der Waals surface area (Å²) in [6.45, 7) is 2.75. The van der Waals surface area contributed by atoms with Gasteiger partial charge in [0.15, 0.2) is 0 Å². The van der Waals surface area contributed by atoms with Crippen molar-refractivity contribution in [1.29, 1.82) is 0 Å². The number of hydrogen-bond donors (Lipinski definition) is 2. The molecule has 4 nitrogen and oxygen atoms in total. The summed E-state index contributed by atoms with van der Waals surface area (Å²) in [7, 11) is 7.29. The maximum absolute atomic E-state index is 12.5. The van der Waals surface area contributed by atoms with Crippen LogP contribution in [0.5, 0.6) is 0 Å². The number of amides is 1. The number of carbonyl (C=O) groups excluding carboxylic acids is 1. The summed E-state index contributed by atoms with van der Waals surface area (Å²) in [5.74, 6) is 5.01. The van der Waals surface area contributed by atoms with Gasteiger partial charge >= 0.3 is 148 Å². The number of unbranched alkanes of at least 4 members (excludes halogenated alkanes) is 2. The van der Waals surface area contributed by atoms with Crippen LogP contribution in [0.3, 0.4) is 0 Å². The van der Waals surface area contributed by atoms with Crippen LogP contribution < -0.4 is 10.6 Å². The van der Waals surface area contributed by atoms with Crippen molar-refractivity contribution >= 4 is 29.7 Å². The van der Waals surface area contributed by atoms with Crippen LogP contribution in [0.2, 0.25) is 0 Å². The van der Waals surface area contributed by atoms with Crippen LogP contribution in [0.25, 0.3) is 16.5 Å². The Labute approximate surface area is 155 Å². The van der Waals surface area contributed by atoms with Crippen LogP contribution >= 0.6 is 0 Å². The van der Waals surface area contributed by atoms with E-state index in [-0.39, 0.29) is 5.91 Å². The molecule has 1 amide bonds. The Morgan fingerprint density at radius 2 is 2.08 bits per heavy atom. The molecule has 26 heavy (non-hydrogen) atoms. The Balaban J connectivity index is 2.53.